The van der Waals surface area contributed by atoms with Crippen LogP contribution in [0.2, 0.25) is 0 Å². The first-order valence-electron chi connectivity index (χ1n) is 8.90. The van der Waals surface area contributed by atoms with Crippen LogP contribution >= 0.6 is 0 Å². The van der Waals surface area contributed by atoms with E-state index in [0.717, 1.165) is 29.6 Å². The lowest BCUT2D eigenvalue weighted by Crippen LogP contribution is -2.35. The minimum Gasteiger partial charge on any atom is -0.338 e. The van der Waals surface area contributed by atoms with Crippen molar-refractivity contribution in [2.75, 3.05) is 18.0 Å². The molecule has 6 heteroatoms. The maximum Gasteiger partial charge on any atom is 0.255 e. The van der Waals surface area contributed by atoms with Crippen LogP contribution in [0.5, 0.6) is 0 Å². The summed E-state index contributed by atoms with van der Waals surface area (Å²) in [6.07, 6.45) is 6.55. The summed E-state index contributed by atoms with van der Waals surface area (Å²) in [4.78, 5) is 23.5. The van der Waals surface area contributed by atoms with E-state index in [1.54, 1.807) is 30.1 Å². The van der Waals surface area contributed by atoms with Crippen molar-refractivity contribution in [3.8, 4) is 11.3 Å². The van der Waals surface area contributed by atoms with Crippen LogP contribution in [0.3, 0.4) is 0 Å². The number of hydrogen-bond acceptors (Lipinski definition) is 4. The third-order valence-electron chi connectivity index (χ3n) is 4.80. The average molecular weight is 354 g/mol. The van der Waals surface area contributed by atoms with E-state index in [-0.39, 0.29) is 5.56 Å². The van der Waals surface area contributed by atoms with Gasteiger partial charge < -0.3 is 4.90 Å². The lowest BCUT2D eigenvalue weighted by Gasteiger charge is -2.30. The largest absolute Gasteiger partial charge is 0.338 e. The van der Waals surface area contributed by atoms with Gasteiger partial charge >= 0.3 is 0 Å². The number of aromatic nitrogens is 3. The molecule has 0 N–H and O–H groups in total. The van der Waals surface area contributed by atoms with Crippen LogP contribution in [0, 0.1) is 0 Å². The Labute approximate surface area is 159 Å². The van der Waals surface area contributed by atoms with E-state index in [1.165, 1.54) is 5.57 Å². The highest BCUT2D eigenvalue weighted by molar-refractivity contribution is 6.32. The fourth-order valence-corrected chi connectivity index (χ4v) is 3.30. The molecular formula is C21H19BN4O. The Morgan fingerprint density at radius 3 is 2.52 bits per heavy atom. The standard InChI is InChI=1S/C21H19BN4O/c1-25-20(27)13-19(16-8-10-23-11-9-16)24-21(25)26-12-2-3-17(14-26)15-4-6-18(22)7-5-15/h3-11,13H,2,12,14H2,1H3. The minimum atomic E-state index is -0.0737. The molecule has 0 fully saturated rings. The number of anilines is 1. The summed E-state index contributed by atoms with van der Waals surface area (Å²) in [6.45, 7) is 1.52. The smallest absolute Gasteiger partial charge is 0.255 e. The zero-order chi connectivity index (χ0) is 18.8. The first-order chi connectivity index (χ1) is 13.1. The minimum absolute atomic E-state index is 0.0737. The fourth-order valence-electron chi connectivity index (χ4n) is 3.30. The molecule has 0 bridgehead atoms. The van der Waals surface area contributed by atoms with Crippen LogP contribution in [0.25, 0.3) is 16.8 Å². The Balaban J connectivity index is 1.69. The van der Waals surface area contributed by atoms with Crippen molar-refractivity contribution in [2.24, 2.45) is 7.05 Å². The van der Waals surface area contributed by atoms with Gasteiger partial charge in [0, 0.05) is 44.2 Å². The molecule has 0 saturated carbocycles. The van der Waals surface area contributed by atoms with Crippen molar-refractivity contribution in [1.82, 2.24) is 14.5 Å². The van der Waals surface area contributed by atoms with Gasteiger partial charge in [-0.05, 0) is 29.7 Å². The summed E-state index contributed by atoms with van der Waals surface area (Å²) >= 11 is 0. The van der Waals surface area contributed by atoms with Crippen LogP contribution in [-0.2, 0) is 7.05 Å². The van der Waals surface area contributed by atoms with E-state index in [0.29, 0.717) is 18.2 Å². The number of benzene rings is 1. The highest BCUT2D eigenvalue weighted by Gasteiger charge is 2.19. The number of pyridine rings is 1. The lowest BCUT2D eigenvalue weighted by molar-refractivity contribution is 0.727. The van der Waals surface area contributed by atoms with Gasteiger partial charge in [0.25, 0.3) is 5.56 Å². The second-order valence-electron chi connectivity index (χ2n) is 6.64. The maximum atomic E-state index is 12.5. The van der Waals surface area contributed by atoms with E-state index in [1.807, 2.05) is 36.4 Å². The molecule has 4 rings (SSSR count). The monoisotopic (exact) mass is 354 g/mol. The number of hydrogen-bond donors (Lipinski definition) is 0. The molecule has 1 aliphatic heterocycles. The molecule has 5 nitrogen and oxygen atoms in total. The maximum absolute atomic E-state index is 12.5. The molecule has 2 radical (unpaired) electrons. The van der Waals surface area contributed by atoms with Crippen molar-refractivity contribution >= 4 is 24.8 Å². The third kappa shape index (κ3) is 3.56. The Hall–Kier alpha value is -3.15. The second-order valence-corrected chi connectivity index (χ2v) is 6.64. The first kappa shape index (κ1) is 17.3. The highest BCUT2D eigenvalue weighted by Crippen LogP contribution is 2.25. The third-order valence-corrected chi connectivity index (χ3v) is 4.80. The van der Waals surface area contributed by atoms with Crippen molar-refractivity contribution in [3.63, 3.8) is 0 Å². The molecule has 1 aliphatic rings. The van der Waals surface area contributed by atoms with Crippen molar-refractivity contribution in [2.45, 2.75) is 6.42 Å². The molecule has 2 aromatic heterocycles. The molecule has 0 spiro atoms. The van der Waals surface area contributed by atoms with Crippen LogP contribution in [0.15, 0.2) is 65.7 Å². The lowest BCUT2D eigenvalue weighted by atomic mass is 9.93. The zero-order valence-electron chi connectivity index (χ0n) is 15.2. The quantitative estimate of drug-likeness (QED) is 0.675. The predicted octanol–water partition coefficient (Wildman–Crippen LogP) is 1.93. The first-order valence-corrected chi connectivity index (χ1v) is 8.90. The van der Waals surface area contributed by atoms with Crippen LogP contribution in [0.4, 0.5) is 5.95 Å². The van der Waals surface area contributed by atoms with Crippen molar-refractivity contribution < 1.29 is 0 Å². The summed E-state index contributed by atoms with van der Waals surface area (Å²) in [5.74, 6) is 0.676. The fraction of sp³-hybridized carbons (Fsp3) is 0.190. The van der Waals surface area contributed by atoms with Gasteiger partial charge in [0.05, 0.1) is 5.69 Å². The van der Waals surface area contributed by atoms with Gasteiger partial charge in [0.15, 0.2) is 0 Å². The Morgan fingerprint density at radius 1 is 1.04 bits per heavy atom. The Kier molecular flexibility index (Phi) is 4.63. The summed E-state index contributed by atoms with van der Waals surface area (Å²) in [6, 6.07) is 13.2. The number of nitrogens with zero attached hydrogens (tertiary/aromatic N) is 4. The second kappa shape index (κ2) is 7.23. The topological polar surface area (TPSA) is 51.0 Å². The van der Waals surface area contributed by atoms with E-state index < -0.39 is 0 Å². The van der Waals surface area contributed by atoms with Gasteiger partial charge in [-0.25, -0.2) is 4.98 Å². The highest BCUT2D eigenvalue weighted by atomic mass is 16.1. The van der Waals surface area contributed by atoms with Gasteiger partial charge in [0.1, 0.15) is 7.85 Å². The van der Waals surface area contributed by atoms with Gasteiger partial charge in [-0.15, -0.1) is 0 Å². The Morgan fingerprint density at radius 2 is 1.78 bits per heavy atom. The molecule has 0 saturated heterocycles. The van der Waals surface area contributed by atoms with Gasteiger partial charge in [-0.1, -0.05) is 35.8 Å². The Bertz CT molecular complexity index is 1040. The van der Waals surface area contributed by atoms with Crippen LogP contribution in [-0.4, -0.2) is 35.5 Å². The predicted molar refractivity (Wildman–Crippen MR) is 109 cm³/mol. The molecule has 3 aromatic rings. The molecule has 0 aliphatic carbocycles. The average Bonchev–Trinajstić information content (AvgIpc) is 2.71. The van der Waals surface area contributed by atoms with Crippen molar-refractivity contribution in [3.05, 3.63) is 76.9 Å². The van der Waals surface area contributed by atoms with Gasteiger partial charge in [0.2, 0.25) is 5.95 Å². The van der Waals surface area contributed by atoms with Crippen molar-refractivity contribution in [1.29, 1.82) is 0 Å². The summed E-state index contributed by atoms with van der Waals surface area (Å²) in [7, 11) is 7.57. The normalized spacial score (nSPS) is 14.1. The van der Waals surface area contributed by atoms with Gasteiger partial charge in [-0.3, -0.25) is 14.3 Å². The molecule has 27 heavy (non-hydrogen) atoms. The summed E-state index contributed by atoms with van der Waals surface area (Å²) in [5, 5.41) is 0. The summed E-state index contributed by atoms with van der Waals surface area (Å²) in [5.41, 5.74) is 4.58. The van der Waals surface area contributed by atoms with E-state index in [4.69, 9.17) is 12.8 Å². The van der Waals surface area contributed by atoms with E-state index >= 15 is 0 Å². The molecule has 0 atom stereocenters. The molecule has 1 aromatic carbocycles. The zero-order valence-corrected chi connectivity index (χ0v) is 15.2. The van der Waals surface area contributed by atoms with E-state index in [2.05, 4.69) is 16.0 Å². The van der Waals surface area contributed by atoms with E-state index in [9.17, 15) is 4.79 Å². The van der Waals surface area contributed by atoms with Gasteiger partial charge in [-0.2, -0.15) is 0 Å². The SMILES string of the molecule is [B]c1ccc(C2=CCCN(c3nc(-c4ccncc4)cc(=O)n3C)C2)cc1. The van der Waals surface area contributed by atoms with Crippen LogP contribution in [0.1, 0.15) is 12.0 Å². The number of rotatable bonds is 3. The molecule has 3 heterocycles. The molecule has 132 valence electrons. The van der Waals surface area contributed by atoms with Crippen LogP contribution < -0.4 is 15.9 Å². The molecular weight excluding hydrogens is 335 g/mol. The molecule has 0 amide bonds. The summed E-state index contributed by atoms with van der Waals surface area (Å²) < 4.78 is 1.61. The molecule has 0 unspecified atom stereocenters.